The van der Waals surface area contributed by atoms with Gasteiger partial charge < -0.3 is 9.64 Å². The fourth-order valence-electron chi connectivity index (χ4n) is 4.00. The zero-order valence-electron chi connectivity index (χ0n) is 13.8. The number of aromatic nitrogens is 1. The van der Waals surface area contributed by atoms with E-state index in [-0.39, 0.29) is 24.1 Å². The highest BCUT2D eigenvalue weighted by molar-refractivity contribution is 5.95. The average molecular weight is 333 g/mol. The van der Waals surface area contributed by atoms with Gasteiger partial charge in [-0.15, -0.1) is 0 Å². The molecule has 2 bridgehead atoms. The number of rotatable bonds is 3. The molecule has 2 unspecified atom stereocenters. The number of carbonyl (C=O) groups excluding carboxylic acids is 1. The van der Waals surface area contributed by atoms with Crippen LogP contribution in [0.1, 0.15) is 41.6 Å². The summed E-state index contributed by atoms with van der Waals surface area (Å²) in [7, 11) is 0. The first kappa shape index (κ1) is 15.6. The maximum atomic E-state index is 12.9. The summed E-state index contributed by atoms with van der Waals surface area (Å²) in [5.74, 6) is 0.857. The van der Waals surface area contributed by atoms with Gasteiger partial charge in [0, 0.05) is 36.7 Å². The van der Waals surface area contributed by atoms with Crippen molar-refractivity contribution in [3.8, 4) is 11.8 Å². The van der Waals surface area contributed by atoms with Gasteiger partial charge in [-0.1, -0.05) is 0 Å². The number of piperidine rings is 1. The van der Waals surface area contributed by atoms with Crippen LogP contribution in [0.5, 0.6) is 5.75 Å². The normalized spacial score (nSPS) is 24.6. The van der Waals surface area contributed by atoms with Gasteiger partial charge in [0.2, 0.25) is 0 Å². The lowest BCUT2D eigenvalue weighted by Gasteiger charge is -2.39. The topological polar surface area (TPSA) is 66.2 Å². The SMILES string of the molecule is N#Cc1ccc(C(=O)N2C3CCC2CC(Oc2cccnc2)C3)cc1. The fraction of sp³-hybridized carbons (Fsp3) is 0.350. The summed E-state index contributed by atoms with van der Waals surface area (Å²) in [5, 5.41) is 8.90. The first-order chi connectivity index (χ1) is 12.2. The summed E-state index contributed by atoms with van der Waals surface area (Å²) in [6.07, 6.45) is 7.36. The van der Waals surface area contributed by atoms with Crippen molar-refractivity contribution >= 4 is 5.91 Å². The van der Waals surface area contributed by atoms with E-state index in [1.54, 1.807) is 36.7 Å². The van der Waals surface area contributed by atoms with Gasteiger partial charge in [0.25, 0.3) is 5.91 Å². The molecule has 1 amide bonds. The maximum absolute atomic E-state index is 12.9. The average Bonchev–Trinajstić information content (AvgIpc) is 2.92. The van der Waals surface area contributed by atoms with Gasteiger partial charge >= 0.3 is 0 Å². The number of amides is 1. The predicted molar refractivity (Wildman–Crippen MR) is 92.0 cm³/mol. The zero-order chi connectivity index (χ0) is 17.2. The minimum atomic E-state index is 0.0665. The molecule has 2 fully saturated rings. The third-order valence-corrected chi connectivity index (χ3v) is 5.12. The van der Waals surface area contributed by atoms with Gasteiger partial charge in [0.15, 0.2) is 0 Å². The molecule has 2 atom stereocenters. The lowest BCUT2D eigenvalue weighted by molar-refractivity contribution is 0.0358. The number of hydrogen-bond acceptors (Lipinski definition) is 4. The van der Waals surface area contributed by atoms with Crippen molar-refractivity contribution in [2.45, 2.75) is 43.9 Å². The Balaban J connectivity index is 1.46. The number of pyridine rings is 1. The van der Waals surface area contributed by atoms with E-state index < -0.39 is 0 Å². The first-order valence-electron chi connectivity index (χ1n) is 8.64. The highest BCUT2D eigenvalue weighted by Gasteiger charge is 2.44. The van der Waals surface area contributed by atoms with Crippen LogP contribution in [0.15, 0.2) is 48.8 Å². The number of benzene rings is 1. The molecule has 0 N–H and O–H groups in total. The van der Waals surface area contributed by atoms with Crippen LogP contribution >= 0.6 is 0 Å². The molecule has 2 aliphatic heterocycles. The molecule has 0 aliphatic carbocycles. The van der Waals surface area contributed by atoms with Gasteiger partial charge in [0.1, 0.15) is 11.9 Å². The second-order valence-electron chi connectivity index (χ2n) is 6.69. The third kappa shape index (κ3) is 3.08. The Bertz CT molecular complexity index is 784. The number of fused-ring (bicyclic) bond motifs is 2. The number of carbonyl (C=O) groups is 1. The summed E-state index contributed by atoms with van der Waals surface area (Å²) >= 11 is 0. The Kier molecular flexibility index (Phi) is 4.10. The standard InChI is InChI=1S/C20H19N3O2/c21-12-14-3-5-15(6-4-14)20(24)23-16-7-8-17(23)11-19(10-16)25-18-2-1-9-22-13-18/h1-6,9,13,16-17,19H,7-8,10-11H2. The summed E-state index contributed by atoms with van der Waals surface area (Å²) < 4.78 is 6.06. The quantitative estimate of drug-likeness (QED) is 0.865. The van der Waals surface area contributed by atoms with E-state index in [9.17, 15) is 4.79 Å². The monoisotopic (exact) mass is 333 g/mol. The fourth-order valence-corrected chi connectivity index (χ4v) is 4.00. The summed E-state index contributed by atoms with van der Waals surface area (Å²) in [5.41, 5.74) is 1.23. The van der Waals surface area contributed by atoms with Crippen molar-refractivity contribution in [3.63, 3.8) is 0 Å². The summed E-state index contributed by atoms with van der Waals surface area (Å²) in [4.78, 5) is 19.0. The number of hydrogen-bond donors (Lipinski definition) is 0. The molecule has 3 heterocycles. The van der Waals surface area contributed by atoms with Crippen molar-refractivity contribution in [3.05, 3.63) is 59.9 Å². The van der Waals surface area contributed by atoms with Crippen molar-refractivity contribution in [2.75, 3.05) is 0 Å². The Morgan fingerprint density at radius 1 is 1.16 bits per heavy atom. The van der Waals surface area contributed by atoms with E-state index in [1.807, 2.05) is 17.0 Å². The van der Waals surface area contributed by atoms with Crippen LogP contribution < -0.4 is 4.74 Å². The number of nitriles is 1. The van der Waals surface area contributed by atoms with E-state index in [1.165, 1.54) is 0 Å². The Morgan fingerprint density at radius 2 is 1.88 bits per heavy atom. The van der Waals surface area contributed by atoms with Crippen LogP contribution in [0, 0.1) is 11.3 Å². The van der Waals surface area contributed by atoms with Crippen LogP contribution in [-0.4, -0.2) is 34.0 Å². The molecule has 25 heavy (non-hydrogen) atoms. The van der Waals surface area contributed by atoms with Crippen LogP contribution in [0.25, 0.3) is 0 Å². The maximum Gasteiger partial charge on any atom is 0.254 e. The lowest BCUT2D eigenvalue weighted by atomic mass is 9.98. The minimum absolute atomic E-state index is 0.0665. The van der Waals surface area contributed by atoms with Crippen molar-refractivity contribution < 1.29 is 9.53 Å². The molecule has 5 heteroatoms. The second-order valence-corrected chi connectivity index (χ2v) is 6.69. The molecule has 2 saturated heterocycles. The van der Waals surface area contributed by atoms with Crippen molar-refractivity contribution in [1.29, 1.82) is 5.26 Å². The molecule has 1 aromatic carbocycles. The molecule has 0 radical (unpaired) electrons. The largest absolute Gasteiger partial charge is 0.489 e. The van der Waals surface area contributed by atoms with Crippen LogP contribution in [-0.2, 0) is 0 Å². The smallest absolute Gasteiger partial charge is 0.254 e. The molecule has 1 aromatic heterocycles. The lowest BCUT2D eigenvalue weighted by Crippen LogP contribution is -2.49. The Hall–Kier alpha value is -2.87. The Labute approximate surface area is 146 Å². The minimum Gasteiger partial charge on any atom is -0.489 e. The van der Waals surface area contributed by atoms with Gasteiger partial charge in [-0.25, -0.2) is 0 Å². The molecular formula is C20H19N3O2. The Morgan fingerprint density at radius 3 is 2.48 bits per heavy atom. The van der Waals surface area contributed by atoms with Gasteiger partial charge in [-0.3, -0.25) is 9.78 Å². The summed E-state index contributed by atoms with van der Waals surface area (Å²) in [6.45, 7) is 0. The number of nitrogens with zero attached hydrogens (tertiary/aromatic N) is 3. The molecule has 2 aromatic rings. The van der Waals surface area contributed by atoms with Crippen LogP contribution in [0.3, 0.4) is 0 Å². The molecule has 0 spiro atoms. The highest BCUT2D eigenvalue weighted by atomic mass is 16.5. The molecule has 0 saturated carbocycles. The zero-order valence-corrected chi connectivity index (χ0v) is 13.8. The number of ether oxygens (including phenoxy) is 1. The van der Waals surface area contributed by atoms with Gasteiger partial charge in [0.05, 0.1) is 17.8 Å². The van der Waals surface area contributed by atoms with Crippen molar-refractivity contribution in [2.24, 2.45) is 0 Å². The first-order valence-corrected chi connectivity index (χ1v) is 8.64. The van der Waals surface area contributed by atoms with E-state index in [4.69, 9.17) is 10.00 Å². The third-order valence-electron chi connectivity index (χ3n) is 5.12. The highest BCUT2D eigenvalue weighted by Crippen LogP contribution is 2.38. The van der Waals surface area contributed by atoms with Crippen molar-refractivity contribution in [1.82, 2.24) is 9.88 Å². The van der Waals surface area contributed by atoms with Gasteiger partial charge in [-0.2, -0.15) is 5.26 Å². The molecular weight excluding hydrogens is 314 g/mol. The second kappa shape index (κ2) is 6.56. The summed E-state index contributed by atoms with van der Waals surface area (Å²) in [6, 6.07) is 13.2. The molecule has 126 valence electrons. The van der Waals surface area contributed by atoms with E-state index in [0.717, 1.165) is 31.4 Å². The molecule has 5 nitrogen and oxygen atoms in total. The van der Waals surface area contributed by atoms with E-state index >= 15 is 0 Å². The van der Waals surface area contributed by atoms with E-state index in [2.05, 4.69) is 11.1 Å². The van der Waals surface area contributed by atoms with Crippen LogP contribution in [0.4, 0.5) is 0 Å². The van der Waals surface area contributed by atoms with E-state index in [0.29, 0.717) is 11.1 Å². The van der Waals surface area contributed by atoms with Crippen LogP contribution in [0.2, 0.25) is 0 Å². The molecule has 4 rings (SSSR count). The molecule has 2 aliphatic rings. The predicted octanol–water partition coefficient (Wildman–Crippen LogP) is 3.17. The van der Waals surface area contributed by atoms with Gasteiger partial charge in [-0.05, 0) is 49.2 Å².